The van der Waals surface area contributed by atoms with Crippen LogP contribution in [-0.4, -0.2) is 37.2 Å². The smallest absolute Gasteiger partial charge is 0.306 e. The van der Waals surface area contributed by atoms with Crippen LogP contribution in [0.1, 0.15) is 367 Å². The van der Waals surface area contributed by atoms with Crippen LogP contribution >= 0.6 is 0 Å². The second-order valence-electron chi connectivity index (χ2n) is 23.8. The molecule has 1 atom stereocenters. The largest absolute Gasteiger partial charge is 0.462 e. The first-order valence-corrected chi connectivity index (χ1v) is 35.4. The molecule has 0 spiro atoms. The van der Waals surface area contributed by atoms with E-state index >= 15 is 0 Å². The van der Waals surface area contributed by atoms with Crippen LogP contribution in [0.15, 0.2) is 72.9 Å². The van der Waals surface area contributed by atoms with E-state index in [9.17, 15) is 14.4 Å². The van der Waals surface area contributed by atoms with Crippen LogP contribution in [0.4, 0.5) is 0 Å². The maximum Gasteiger partial charge on any atom is 0.306 e. The highest BCUT2D eigenvalue weighted by atomic mass is 16.6. The SMILES string of the molecule is CC/C=C\C/C=C\C/C=C\C/C=C\CCCCCCCCCCCCCCCCC(=O)OCC(COC(=O)CCCCCCC/C=C\C/C=C\CCCC)OC(=O)CCCCCCCCCCCCCCCCCCCCCCCC. The van der Waals surface area contributed by atoms with Gasteiger partial charge in [0.05, 0.1) is 0 Å². The molecule has 81 heavy (non-hydrogen) atoms. The van der Waals surface area contributed by atoms with Gasteiger partial charge in [-0.05, 0) is 83.5 Å². The van der Waals surface area contributed by atoms with Crippen LogP contribution in [0.25, 0.3) is 0 Å². The fourth-order valence-corrected chi connectivity index (χ4v) is 10.4. The van der Waals surface area contributed by atoms with Crippen LogP contribution < -0.4 is 0 Å². The van der Waals surface area contributed by atoms with Crippen LogP contribution in [0, 0.1) is 0 Å². The lowest BCUT2D eigenvalue weighted by molar-refractivity contribution is -0.167. The number of rotatable bonds is 65. The molecular formula is C75H134O6. The summed E-state index contributed by atoms with van der Waals surface area (Å²) in [6.07, 6.45) is 90.7. The van der Waals surface area contributed by atoms with Gasteiger partial charge in [0.1, 0.15) is 13.2 Å². The highest BCUT2D eigenvalue weighted by molar-refractivity contribution is 5.71. The molecule has 0 N–H and O–H groups in total. The summed E-state index contributed by atoms with van der Waals surface area (Å²) in [5.74, 6) is -0.867. The molecule has 0 aromatic heterocycles. The molecule has 6 heteroatoms. The Hall–Kier alpha value is -3.15. The third-order valence-electron chi connectivity index (χ3n) is 15.7. The quantitative estimate of drug-likeness (QED) is 0.0261. The van der Waals surface area contributed by atoms with E-state index in [1.54, 1.807) is 0 Å². The number of carbonyl (C=O) groups is 3. The zero-order chi connectivity index (χ0) is 58.5. The van der Waals surface area contributed by atoms with Gasteiger partial charge in [0.15, 0.2) is 6.10 Å². The van der Waals surface area contributed by atoms with Gasteiger partial charge in [-0.15, -0.1) is 0 Å². The Labute approximate surface area is 503 Å². The molecule has 0 saturated heterocycles. The standard InChI is InChI=1S/C75H134O6/c1-4-7-10-13-16-19-22-25-28-30-32-34-36-37-38-39-40-42-43-45-47-50-53-56-59-62-65-68-74(77)80-71-72(70-79-73(76)67-64-61-58-55-52-49-27-24-21-18-15-12-9-6-3)81-75(78)69-66-63-60-57-54-51-48-46-44-41-35-33-31-29-26-23-20-17-14-11-8-5-2/h7,10,15-16,18-19,24-25,27-28,32,34,72H,4-6,8-9,11-14,17,20-23,26,29-31,33,35-71H2,1-3H3/b10-7-,18-15-,19-16-,27-24-,28-25-,34-32-. The lowest BCUT2D eigenvalue weighted by atomic mass is 10.0. The summed E-state index contributed by atoms with van der Waals surface area (Å²) in [4.78, 5) is 38.4. The summed E-state index contributed by atoms with van der Waals surface area (Å²) in [6.45, 7) is 6.54. The van der Waals surface area contributed by atoms with Gasteiger partial charge >= 0.3 is 17.9 Å². The van der Waals surface area contributed by atoms with E-state index in [2.05, 4.69) is 93.7 Å². The first kappa shape index (κ1) is 77.9. The topological polar surface area (TPSA) is 78.9 Å². The summed E-state index contributed by atoms with van der Waals surface area (Å²) in [6, 6.07) is 0. The van der Waals surface area contributed by atoms with Crippen molar-refractivity contribution in [1.82, 2.24) is 0 Å². The average Bonchev–Trinajstić information content (AvgIpc) is 3.47. The van der Waals surface area contributed by atoms with Gasteiger partial charge in [-0.2, -0.15) is 0 Å². The summed E-state index contributed by atoms with van der Waals surface area (Å²) in [5.41, 5.74) is 0. The Morgan fingerprint density at radius 2 is 0.494 bits per heavy atom. The van der Waals surface area contributed by atoms with E-state index in [1.807, 2.05) is 0 Å². The van der Waals surface area contributed by atoms with Crippen molar-refractivity contribution in [1.29, 1.82) is 0 Å². The Kier molecular flexibility index (Phi) is 66.6. The van der Waals surface area contributed by atoms with Crippen molar-refractivity contribution in [2.45, 2.75) is 374 Å². The van der Waals surface area contributed by atoms with Gasteiger partial charge in [0.2, 0.25) is 0 Å². The number of unbranched alkanes of at least 4 members (excludes halogenated alkanes) is 42. The van der Waals surface area contributed by atoms with E-state index in [1.165, 1.54) is 225 Å². The van der Waals surface area contributed by atoms with Crippen molar-refractivity contribution in [3.8, 4) is 0 Å². The van der Waals surface area contributed by atoms with Crippen molar-refractivity contribution in [3.63, 3.8) is 0 Å². The van der Waals surface area contributed by atoms with Crippen molar-refractivity contribution in [2.24, 2.45) is 0 Å². The van der Waals surface area contributed by atoms with E-state index in [-0.39, 0.29) is 31.1 Å². The predicted molar refractivity (Wildman–Crippen MR) is 353 cm³/mol. The molecule has 0 aliphatic rings. The molecule has 0 aliphatic heterocycles. The van der Waals surface area contributed by atoms with Gasteiger partial charge in [-0.25, -0.2) is 0 Å². The molecular weight excluding hydrogens is 997 g/mol. The molecule has 0 aliphatic carbocycles. The van der Waals surface area contributed by atoms with E-state index < -0.39 is 6.10 Å². The minimum absolute atomic E-state index is 0.0759. The normalized spacial score (nSPS) is 12.5. The molecule has 0 saturated carbocycles. The zero-order valence-corrected chi connectivity index (χ0v) is 54.1. The summed E-state index contributed by atoms with van der Waals surface area (Å²) in [7, 11) is 0. The average molecular weight is 1130 g/mol. The van der Waals surface area contributed by atoms with Gasteiger partial charge < -0.3 is 14.2 Å². The van der Waals surface area contributed by atoms with Crippen molar-refractivity contribution in [3.05, 3.63) is 72.9 Å². The number of hydrogen-bond acceptors (Lipinski definition) is 6. The second kappa shape index (κ2) is 69.3. The van der Waals surface area contributed by atoms with Crippen LogP contribution in [0.2, 0.25) is 0 Å². The maximum atomic E-state index is 13.0. The Balaban J connectivity index is 4.26. The van der Waals surface area contributed by atoms with E-state index in [0.717, 1.165) is 103 Å². The number of ether oxygens (including phenoxy) is 3. The monoisotopic (exact) mass is 1130 g/mol. The fourth-order valence-electron chi connectivity index (χ4n) is 10.4. The van der Waals surface area contributed by atoms with Gasteiger partial charge in [0.25, 0.3) is 0 Å². The molecule has 1 unspecified atom stereocenters. The molecule has 0 fully saturated rings. The summed E-state index contributed by atoms with van der Waals surface area (Å²) in [5, 5.41) is 0. The molecule has 470 valence electrons. The van der Waals surface area contributed by atoms with E-state index in [0.29, 0.717) is 19.3 Å². The first-order valence-electron chi connectivity index (χ1n) is 35.4. The highest BCUT2D eigenvalue weighted by Crippen LogP contribution is 2.18. The summed E-state index contributed by atoms with van der Waals surface area (Å²) < 4.78 is 17.0. The molecule has 0 aromatic rings. The lowest BCUT2D eigenvalue weighted by Crippen LogP contribution is -2.30. The summed E-state index contributed by atoms with van der Waals surface area (Å²) >= 11 is 0. The molecule has 0 heterocycles. The Bertz CT molecular complexity index is 1490. The molecule has 0 amide bonds. The number of hydrogen-bond donors (Lipinski definition) is 0. The highest BCUT2D eigenvalue weighted by Gasteiger charge is 2.19. The predicted octanol–water partition coefficient (Wildman–Crippen LogP) is 24.4. The zero-order valence-electron chi connectivity index (χ0n) is 54.1. The first-order chi connectivity index (χ1) is 40.0. The molecule has 0 bridgehead atoms. The number of carbonyl (C=O) groups excluding carboxylic acids is 3. The van der Waals surface area contributed by atoms with Gasteiger partial charge in [-0.1, -0.05) is 338 Å². The van der Waals surface area contributed by atoms with Crippen molar-refractivity contribution < 1.29 is 28.6 Å². The van der Waals surface area contributed by atoms with Crippen molar-refractivity contribution in [2.75, 3.05) is 13.2 Å². The Morgan fingerprint density at radius 1 is 0.259 bits per heavy atom. The minimum atomic E-state index is -0.781. The maximum absolute atomic E-state index is 13.0. The lowest BCUT2D eigenvalue weighted by Gasteiger charge is -2.18. The number of allylic oxidation sites excluding steroid dienone is 12. The third kappa shape index (κ3) is 67.5. The van der Waals surface area contributed by atoms with Crippen LogP contribution in [0.5, 0.6) is 0 Å². The molecule has 6 nitrogen and oxygen atoms in total. The van der Waals surface area contributed by atoms with Gasteiger partial charge in [0, 0.05) is 19.3 Å². The minimum Gasteiger partial charge on any atom is -0.462 e. The Morgan fingerprint density at radius 3 is 0.790 bits per heavy atom. The van der Waals surface area contributed by atoms with Crippen molar-refractivity contribution >= 4 is 17.9 Å². The van der Waals surface area contributed by atoms with Crippen LogP contribution in [0.3, 0.4) is 0 Å². The molecule has 0 radical (unpaired) electrons. The second-order valence-corrected chi connectivity index (χ2v) is 23.8. The third-order valence-corrected chi connectivity index (χ3v) is 15.7. The fraction of sp³-hybridized carbons (Fsp3) is 0.800. The van der Waals surface area contributed by atoms with Crippen LogP contribution in [-0.2, 0) is 28.6 Å². The molecule has 0 aromatic carbocycles. The van der Waals surface area contributed by atoms with E-state index in [4.69, 9.17) is 14.2 Å². The number of esters is 3. The molecule has 0 rings (SSSR count). The van der Waals surface area contributed by atoms with Gasteiger partial charge in [-0.3, -0.25) is 14.4 Å².